The van der Waals surface area contributed by atoms with Crippen molar-refractivity contribution in [3.05, 3.63) is 16.1 Å². The molecule has 1 aromatic rings. The van der Waals surface area contributed by atoms with Crippen LogP contribution in [0.4, 0.5) is 0 Å². The maximum Gasteiger partial charge on any atom is 0.110 e. The van der Waals surface area contributed by atoms with Gasteiger partial charge in [-0.05, 0) is 45.2 Å². The second-order valence-electron chi connectivity index (χ2n) is 5.23. The average molecular weight is 287 g/mol. The van der Waals surface area contributed by atoms with E-state index in [2.05, 4.69) is 29.1 Å². The summed E-state index contributed by atoms with van der Waals surface area (Å²) in [6, 6.07) is 0.447. The molecule has 2 heterocycles. The Kier molecular flexibility index (Phi) is 5.46. The summed E-state index contributed by atoms with van der Waals surface area (Å²) in [7, 11) is 0. The van der Waals surface area contributed by atoms with E-state index in [9.17, 15) is 0 Å². The monoisotopic (exact) mass is 286 g/mol. The van der Waals surface area contributed by atoms with Gasteiger partial charge in [0.05, 0.1) is 17.6 Å². The van der Waals surface area contributed by atoms with Crippen molar-refractivity contribution >= 4 is 22.9 Å². The summed E-state index contributed by atoms with van der Waals surface area (Å²) in [6.07, 6.45) is 5.39. The van der Waals surface area contributed by atoms with Crippen LogP contribution in [0.25, 0.3) is 0 Å². The molecule has 1 aliphatic rings. The van der Waals surface area contributed by atoms with Crippen molar-refractivity contribution in [2.45, 2.75) is 51.5 Å². The Morgan fingerprint density at radius 3 is 3.00 bits per heavy atom. The topological polar surface area (TPSA) is 16.1 Å². The van der Waals surface area contributed by atoms with Crippen LogP contribution in [0.3, 0.4) is 0 Å². The summed E-state index contributed by atoms with van der Waals surface area (Å²) in [4.78, 5) is 7.21. The minimum Gasteiger partial charge on any atom is -0.294 e. The Bertz CT molecular complexity index is 366. The van der Waals surface area contributed by atoms with E-state index >= 15 is 0 Å². The Labute approximate surface area is 119 Å². The Morgan fingerprint density at radius 1 is 1.50 bits per heavy atom. The summed E-state index contributed by atoms with van der Waals surface area (Å²) in [5.41, 5.74) is 1.02. The highest BCUT2D eigenvalue weighted by Crippen LogP contribution is 2.28. The van der Waals surface area contributed by atoms with Gasteiger partial charge >= 0.3 is 0 Å². The zero-order valence-electron chi connectivity index (χ0n) is 11.4. The van der Waals surface area contributed by atoms with Gasteiger partial charge in [-0.15, -0.1) is 22.9 Å². The van der Waals surface area contributed by atoms with Crippen molar-refractivity contribution in [1.29, 1.82) is 0 Å². The third-order valence-corrected chi connectivity index (χ3v) is 5.41. The third-order valence-electron chi connectivity index (χ3n) is 4.07. The highest BCUT2D eigenvalue weighted by molar-refractivity contribution is 7.09. The van der Waals surface area contributed by atoms with Crippen LogP contribution in [0.5, 0.6) is 0 Å². The summed E-state index contributed by atoms with van der Waals surface area (Å²) in [6.45, 7) is 7.03. The molecule has 1 aliphatic heterocycles. The number of aromatic nitrogens is 1. The van der Waals surface area contributed by atoms with E-state index in [0.717, 1.165) is 11.6 Å². The molecule has 0 aromatic carbocycles. The second-order valence-corrected chi connectivity index (χ2v) is 6.38. The number of hydrogen-bond acceptors (Lipinski definition) is 3. The van der Waals surface area contributed by atoms with E-state index in [4.69, 9.17) is 11.6 Å². The van der Waals surface area contributed by atoms with E-state index in [1.165, 1.54) is 43.8 Å². The molecule has 2 nitrogen and oxygen atoms in total. The lowest BCUT2D eigenvalue weighted by Gasteiger charge is -2.26. The number of nitrogens with zero attached hydrogens (tertiary/aromatic N) is 2. The first-order chi connectivity index (χ1) is 8.74. The molecule has 2 atom stereocenters. The van der Waals surface area contributed by atoms with E-state index in [0.29, 0.717) is 11.9 Å². The lowest BCUT2D eigenvalue weighted by Crippen LogP contribution is -2.28. The van der Waals surface area contributed by atoms with Crippen LogP contribution in [0.2, 0.25) is 0 Å². The first-order valence-corrected chi connectivity index (χ1v) is 8.40. The van der Waals surface area contributed by atoms with Crippen LogP contribution in [0.1, 0.15) is 56.3 Å². The van der Waals surface area contributed by atoms with Crippen LogP contribution < -0.4 is 0 Å². The van der Waals surface area contributed by atoms with Gasteiger partial charge in [0.15, 0.2) is 0 Å². The normalized spacial score (nSPS) is 23.8. The maximum atomic E-state index is 5.83. The summed E-state index contributed by atoms with van der Waals surface area (Å²) < 4.78 is 0. The standard InChI is InChI=1S/C14H23ClN2S/c1-3-12-5-4-7-17(8-6-12)11(2)14-16-13(9-15)10-18-14/h10-12H,3-9H2,1-2H3. The summed E-state index contributed by atoms with van der Waals surface area (Å²) in [5.74, 6) is 1.46. The number of halogens is 1. The molecule has 1 aromatic heterocycles. The molecule has 1 fully saturated rings. The summed E-state index contributed by atoms with van der Waals surface area (Å²) >= 11 is 7.58. The first-order valence-electron chi connectivity index (χ1n) is 6.99. The molecule has 102 valence electrons. The van der Waals surface area contributed by atoms with Crippen LogP contribution in [0.15, 0.2) is 5.38 Å². The number of hydrogen-bond donors (Lipinski definition) is 0. The van der Waals surface area contributed by atoms with Crippen molar-refractivity contribution in [2.24, 2.45) is 5.92 Å². The molecule has 0 bridgehead atoms. The second kappa shape index (κ2) is 6.88. The molecule has 2 rings (SSSR count). The molecule has 0 saturated carbocycles. The van der Waals surface area contributed by atoms with Crippen molar-refractivity contribution in [3.63, 3.8) is 0 Å². The lowest BCUT2D eigenvalue weighted by atomic mass is 9.98. The highest BCUT2D eigenvalue weighted by atomic mass is 35.5. The van der Waals surface area contributed by atoms with Gasteiger partial charge in [0.25, 0.3) is 0 Å². The average Bonchev–Trinajstić information content (AvgIpc) is 2.75. The van der Waals surface area contributed by atoms with E-state index in [1.54, 1.807) is 11.3 Å². The van der Waals surface area contributed by atoms with E-state index < -0.39 is 0 Å². The fourth-order valence-corrected chi connectivity index (χ4v) is 3.85. The van der Waals surface area contributed by atoms with Crippen LogP contribution >= 0.6 is 22.9 Å². The molecular formula is C14H23ClN2S. The fraction of sp³-hybridized carbons (Fsp3) is 0.786. The van der Waals surface area contributed by atoms with E-state index in [-0.39, 0.29) is 0 Å². The number of rotatable bonds is 4. The van der Waals surface area contributed by atoms with Gasteiger partial charge in [-0.3, -0.25) is 4.90 Å². The predicted octanol–water partition coefficient (Wildman–Crippen LogP) is 4.46. The van der Waals surface area contributed by atoms with Crippen LogP contribution in [-0.4, -0.2) is 23.0 Å². The minimum absolute atomic E-state index is 0.447. The smallest absolute Gasteiger partial charge is 0.110 e. The third kappa shape index (κ3) is 3.46. The van der Waals surface area contributed by atoms with Crippen molar-refractivity contribution < 1.29 is 0 Å². The molecule has 1 saturated heterocycles. The molecule has 18 heavy (non-hydrogen) atoms. The zero-order valence-corrected chi connectivity index (χ0v) is 12.9. The molecule has 4 heteroatoms. The van der Waals surface area contributed by atoms with Crippen molar-refractivity contribution in [1.82, 2.24) is 9.88 Å². The van der Waals surface area contributed by atoms with Crippen molar-refractivity contribution in [2.75, 3.05) is 13.1 Å². The molecule has 0 spiro atoms. The lowest BCUT2D eigenvalue weighted by molar-refractivity contribution is 0.215. The van der Waals surface area contributed by atoms with E-state index in [1.807, 2.05) is 0 Å². The summed E-state index contributed by atoms with van der Waals surface area (Å²) in [5, 5.41) is 3.31. The Hall–Kier alpha value is -0.120. The Morgan fingerprint density at radius 2 is 2.33 bits per heavy atom. The van der Waals surface area contributed by atoms with Crippen LogP contribution in [-0.2, 0) is 5.88 Å². The largest absolute Gasteiger partial charge is 0.294 e. The van der Waals surface area contributed by atoms with Crippen molar-refractivity contribution in [3.8, 4) is 0 Å². The molecule has 2 unspecified atom stereocenters. The highest BCUT2D eigenvalue weighted by Gasteiger charge is 2.22. The molecular weight excluding hydrogens is 264 g/mol. The number of alkyl halides is 1. The minimum atomic E-state index is 0.447. The van der Waals surface area contributed by atoms with Gasteiger partial charge in [-0.2, -0.15) is 0 Å². The van der Waals surface area contributed by atoms with Crippen LogP contribution in [0, 0.1) is 5.92 Å². The van der Waals surface area contributed by atoms with Gasteiger partial charge in [0.2, 0.25) is 0 Å². The number of thiazole rings is 1. The van der Waals surface area contributed by atoms with Gasteiger partial charge in [0, 0.05) is 5.38 Å². The fourth-order valence-electron chi connectivity index (χ4n) is 2.72. The van der Waals surface area contributed by atoms with Gasteiger partial charge in [-0.25, -0.2) is 4.98 Å². The molecule has 0 aliphatic carbocycles. The van der Waals surface area contributed by atoms with Gasteiger partial charge < -0.3 is 0 Å². The Balaban J connectivity index is 1.97. The maximum absolute atomic E-state index is 5.83. The molecule has 0 N–H and O–H groups in total. The zero-order chi connectivity index (χ0) is 13.0. The quantitative estimate of drug-likeness (QED) is 0.760. The number of likely N-dealkylation sites (tertiary alicyclic amines) is 1. The SMILES string of the molecule is CCC1CCCN(C(C)c2nc(CCl)cs2)CC1. The molecule has 0 radical (unpaired) electrons. The predicted molar refractivity (Wildman–Crippen MR) is 79.3 cm³/mol. The molecule has 0 amide bonds. The van der Waals surface area contributed by atoms with Gasteiger partial charge in [-0.1, -0.05) is 13.3 Å². The first kappa shape index (κ1) is 14.3. The van der Waals surface area contributed by atoms with Gasteiger partial charge in [0.1, 0.15) is 5.01 Å².